The van der Waals surface area contributed by atoms with Crippen LogP contribution < -0.4 is 5.32 Å². The number of rotatable bonds is 11. The third-order valence-corrected chi connectivity index (χ3v) is 8.71. The molecule has 1 saturated heterocycles. The van der Waals surface area contributed by atoms with Crippen molar-refractivity contribution in [2.75, 3.05) is 51.1 Å². The number of oxime groups is 1. The first kappa shape index (κ1) is 26.3. The lowest BCUT2D eigenvalue weighted by Gasteiger charge is -2.48. The zero-order chi connectivity index (χ0) is 24.8. The standard InChI is InChI=1S/C20H27FN4O7S2/c1-34(29,30,25(7-9-26)8-10-27)16-4-2-14(3-5-16)18(24-32-15-6-11-31-13-15)19(28)23-20-22-12-17(21)33-20/h2-5,12,15,26-27H,6-11,13H2,1H3,(H,29,30)(H,22,23,28)/b24-18+/t15-/m1/s1. The minimum atomic E-state index is -4.61. The van der Waals surface area contributed by atoms with E-state index in [0.717, 1.165) is 16.8 Å². The van der Waals surface area contributed by atoms with Gasteiger partial charge in [-0.15, -0.1) is 9.53 Å². The van der Waals surface area contributed by atoms with Gasteiger partial charge in [0, 0.05) is 31.3 Å². The van der Waals surface area contributed by atoms with Crippen LogP contribution in [0.2, 0.25) is 0 Å². The molecule has 0 unspecified atom stereocenters. The summed E-state index contributed by atoms with van der Waals surface area (Å²) in [4.78, 5) is 22.1. The number of ether oxygens (including phenoxy) is 1. The number of nitrogens with one attached hydrogen (secondary N) is 1. The van der Waals surface area contributed by atoms with E-state index in [4.69, 9.17) is 9.57 Å². The maximum atomic E-state index is 13.5. The molecule has 1 fully saturated rings. The van der Waals surface area contributed by atoms with Crippen LogP contribution in [0.4, 0.5) is 9.52 Å². The predicted octanol–water partition coefficient (Wildman–Crippen LogP) is 0.914. The van der Waals surface area contributed by atoms with Crippen molar-refractivity contribution in [2.45, 2.75) is 17.4 Å². The molecule has 3 rings (SSSR count). The first-order valence-electron chi connectivity index (χ1n) is 10.3. The van der Waals surface area contributed by atoms with E-state index < -0.39 is 20.6 Å². The number of halogens is 1. The lowest BCUT2D eigenvalue weighted by molar-refractivity contribution is -0.110. The van der Waals surface area contributed by atoms with Gasteiger partial charge in [-0.25, -0.2) is 9.29 Å². The molecule has 1 aliphatic heterocycles. The van der Waals surface area contributed by atoms with Crippen LogP contribution in [-0.4, -0.2) is 91.8 Å². The number of carbonyl (C=O) groups is 1. The van der Waals surface area contributed by atoms with Crippen LogP contribution in [0.1, 0.15) is 12.0 Å². The molecule has 2 heterocycles. The number of anilines is 1. The van der Waals surface area contributed by atoms with Crippen molar-refractivity contribution in [3.8, 4) is 0 Å². The third-order valence-electron chi connectivity index (χ3n) is 5.07. The molecule has 188 valence electrons. The topological polar surface area (TPSA) is 154 Å². The first-order chi connectivity index (χ1) is 16.1. The second-order valence-corrected chi connectivity index (χ2v) is 12.0. The van der Waals surface area contributed by atoms with Crippen molar-refractivity contribution >= 4 is 37.6 Å². The number of thiazole rings is 1. The summed E-state index contributed by atoms with van der Waals surface area (Å²) in [5.74, 6) is -0.707. The van der Waals surface area contributed by atoms with E-state index in [1.807, 2.05) is 0 Å². The van der Waals surface area contributed by atoms with Gasteiger partial charge >= 0.3 is 0 Å². The molecule has 0 radical (unpaired) electrons. The van der Waals surface area contributed by atoms with Crippen LogP contribution >= 0.6 is 11.3 Å². The van der Waals surface area contributed by atoms with Crippen molar-refractivity contribution in [3.05, 3.63) is 41.2 Å². The van der Waals surface area contributed by atoms with E-state index in [1.54, 1.807) is 0 Å². The van der Waals surface area contributed by atoms with Crippen LogP contribution in [0.25, 0.3) is 0 Å². The fourth-order valence-corrected chi connectivity index (χ4v) is 5.88. The third kappa shape index (κ3) is 6.21. The Kier molecular flexibility index (Phi) is 8.46. The molecule has 34 heavy (non-hydrogen) atoms. The Bertz CT molecular complexity index is 1070. The Morgan fingerprint density at radius 3 is 2.56 bits per heavy atom. The molecule has 0 aliphatic carbocycles. The van der Waals surface area contributed by atoms with Gasteiger partial charge in [0.15, 0.2) is 22.1 Å². The molecule has 1 aromatic heterocycles. The highest BCUT2D eigenvalue weighted by Gasteiger charge is 2.32. The monoisotopic (exact) mass is 518 g/mol. The molecule has 1 aliphatic rings. The Morgan fingerprint density at radius 2 is 2.03 bits per heavy atom. The van der Waals surface area contributed by atoms with Gasteiger partial charge in [0.05, 0.1) is 37.5 Å². The van der Waals surface area contributed by atoms with Crippen molar-refractivity contribution in [3.63, 3.8) is 0 Å². The fourth-order valence-electron chi connectivity index (χ4n) is 3.26. The number of aromatic nitrogens is 1. The number of aliphatic hydroxyl groups is 2. The number of nitrogens with zero attached hydrogens (tertiary/aromatic N) is 3. The van der Waals surface area contributed by atoms with Gasteiger partial charge in [-0.2, -0.15) is 8.60 Å². The molecular weight excluding hydrogens is 491 g/mol. The van der Waals surface area contributed by atoms with Crippen LogP contribution in [-0.2, 0) is 23.9 Å². The van der Waals surface area contributed by atoms with Crippen molar-refractivity contribution < 1.29 is 37.7 Å². The molecule has 0 spiro atoms. The number of benzene rings is 1. The molecule has 0 bridgehead atoms. The highest BCUT2D eigenvalue weighted by atomic mass is 32.3. The molecule has 1 amide bonds. The van der Waals surface area contributed by atoms with E-state index in [9.17, 15) is 28.2 Å². The average Bonchev–Trinajstić information content (AvgIpc) is 3.45. The summed E-state index contributed by atoms with van der Waals surface area (Å²) < 4.78 is 44.1. The second-order valence-electron chi connectivity index (χ2n) is 7.59. The summed E-state index contributed by atoms with van der Waals surface area (Å²) in [6.07, 6.45) is 2.37. The Balaban J connectivity index is 1.90. The van der Waals surface area contributed by atoms with E-state index in [0.29, 0.717) is 31.0 Å². The Labute approximate surface area is 199 Å². The lowest BCUT2D eigenvalue weighted by Crippen LogP contribution is -2.51. The lowest BCUT2D eigenvalue weighted by atomic mass is 10.1. The van der Waals surface area contributed by atoms with Gasteiger partial charge in [0.25, 0.3) is 5.91 Å². The largest absolute Gasteiger partial charge is 0.395 e. The normalized spacial score (nSPS) is 18.0. The van der Waals surface area contributed by atoms with Crippen LogP contribution in [0.5, 0.6) is 0 Å². The smallest absolute Gasteiger partial charge is 0.280 e. The molecule has 0 saturated carbocycles. The second kappa shape index (κ2) is 10.9. The predicted molar refractivity (Wildman–Crippen MR) is 125 cm³/mol. The van der Waals surface area contributed by atoms with Crippen LogP contribution in [0.15, 0.2) is 40.5 Å². The van der Waals surface area contributed by atoms with Gasteiger partial charge in [-0.1, -0.05) is 28.6 Å². The summed E-state index contributed by atoms with van der Waals surface area (Å²) >= 11 is 0.648. The number of hydrogen-bond donors (Lipinski definition) is 4. The van der Waals surface area contributed by atoms with Gasteiger partial charge in [-0.3, -0.25) is 14.7 Å². The van der Waals surface area contributed by atoms with Gasteiger partial charge in [-0.05, 0) is 12.1 Å². The Morgan fingerprint density at radius 1 is 1.35 bits per heavy atom. The fraction of sp³-hybridized carbons (Fsp3) is 0.450. The van der Waals surface area contributed by atoms with Gasteiger partial charge < -0.3 is 19.8 Å². The number of hydrogen-bond acceptors (Lipinski definition) is 9. The first-order valence-corrected chi connectivity index (χ1v) is 13.4. The molecule has 1 atom stereocenters. The number of amides is 1. The van der Waals surface area contributed by atoms with Gasteiger partial charge in [0.2, 0.25) is 0 Å². The number of aliphatic hydroxyl groups excluding tert-OH is 2. The quantitative estimate of drug-likeness (QED) is 0.253. The number of carbonyl (C=O) groups excluding carboxylic acids is 1. The Hall–Kier alpha value is -2.33. The average molecular weight is 519 g/mol. The van der Waals surface area contributed by atoms with Crippen molar-refractivity contribution in [2.24, 2.45) is 5.16 Å². The maximum absolute atomic E-state index is 13.5. The highest BCUT2D eigenvalue weighted by Crippen LogP contribution is 2.33. The molecule has 4 N–H and O–H groups in total. The summed E-state index contributed by atoms with van der Waals surface area (Å²) in [7, 11) is -4.61. The highest BCUT2D eigenvalue weighted by molar-refractivity contribution is 8.12. The van der Waals surface area contributed by atoms with E-state index in [2.05, 4.69) is 15.5 Å². The molecule has 2 aromatic rings. The van der Waals surface area contributed by atoms with Gasteiger partial charge in [0.1, 0.15) is 0 Å². The molecule has 1 aromatic carbocycles. The summed E-state index contributed by atoms with van der Waals surface area (Å²) in [6.45, 7) is -0.176. The van der Waals surface area contributed by atoms with Crippen LogP contribution in [0.3, 0.4) is 0 Å². The summed E-state index contributed by atoms with van der Waals surface area (Å²) in [5, 5.41) is 24.4. The zero-order valence-electron chi connectivity index (χ0n) is 18.4. The van der Waals surface area contributed by atoms with E-state index in [-0.39, 0.29) is 53.7 Å². The maximum Gasteiger partial charge on any atom is 0.280 e. The summed E-state index contributed by atoms with van der Waals surface area (Å²) in [5.41, 5.74) is 0.130. The minimum absolute atomic E-state index is 0.0227. The van der Waals surface area contributed by atoms with E-state index >= 15 is 0 Å². The van der Waals surface area contributed by atoms with E-state index in [1.165, 1.54) is 24.3 Å². The zero-order valence-corrected chi connectivity index (χ0v) is 20.1. The molecule has 11 nitrogen and oxygen atoms in total. The molecular formula is C20H27FN4O7S2. The SMILES string of the molecule is CS(=O)(O)(c1ccc(/C(=N\O[C@@H]2CCOC2)C(=O)Nc2ncc(F)s2)cc1)N(CCO)CCO. The minimum Gasteiger partial charge on any atom is -0.395 e. The van der Waals surface area contributed by atoms with Crippen molar-refractivity contribution in [1.82, 2.24) is 9.29 Å². The van der Waals surface area contributed by atoms with Crippen LogP contribution in [0, 0.1) is 5.13 Å². The summed E-state index contributed by atoms with van der Waals surface area (Å²) in [6, 6.07) is 5.56. The van der Waals surface area contributed by atoms with Crippen molar-refractivity contribution in [1.29, 1.82) is 0 Å². The molecule has 14 heteroatoms.